The van der Waals surface area contributed by atoms with Crippen molar-refractivity contribution in [2.45, 2.75) is 37.8 Å². The maximum atomic E-state index is 11.9. The predicted molar refractivity (Wildman–Crippen MR) is 112 cm³/mol. The van der Waals surface area contributed by atoms with Gasteiger partial charge in [-0.3, -0.25) is 9.78 Å². The van der Waals surface area contributed by atoms with Gasteiger partial charge in [-0.2, -0.15) is 0 Å². The minimum atomic E-state index is -0.529. The average Bonchev–Trinajstić information content (AvgIpc) is 2.70. The van der Waals surface area contributed by atoms with Gasteiger partial charge in [-0.15, -0.1) is 0 Å². The van der Waals surface area contributed by atoms with E-state index in [9.17, 15) is 4.79 Å². The smallest absolute Gasteiger partial charge is 0.252 e. The third-order valence-electron chi connectivity index (χ3n) is 5.22. The van der Waals surface area contributed by atoms with Crippen molar-refractivity contribution in [1.82, 2.24) is 9.97 Å². The van der Waals surface area contributed by atoms with Crippen LogP contribution >= 0.6 is 0 Å². The number of nitrogens with zero attached hydrogens (tertiary/aromatic N) is 2. The van der Waals surface area contributed by atoms with E-state index in [-0.39, 0.29) is 12.1 Å². The van der Waals surface area contributed by atoms with Gasteiger partial charge >= 0.3 is 0 Å². The van der Waals surface area contributed by atoms with Crippen LogP contribution in [0.2, 0.25) is 0 Å². The molecular weight excluding hydrogens is 352 g/mol. The number of amides is 1. The van der Waals surface area contributed by atoms with Gasteiger partial charge in [-0.1, -0.05) is 18.9 Å². The second kappa shape index (κ2) is 7.82. The summed E-state index contributed by atoms with van der Waals surface area (Å²) >= 11 is 0. The third kappa shape index (κ3) is 3.89. The number of nitrogens with one attached hydrogen (secondary N) is 2. The molecule has 6 N–H and O–H groups in total. The zero-order valence-electron chi connectivity index (χ0n) is 15.6. The van der Waals surface area contributed by atoms with Crippen molar-refractivity contribution >= 4 is 34.0 Å². The summed E-state index contributed by atoms with van der Waals surface area (Å²) in [6.45, 7) is 0. The Hall–Kier alpha value is -3.19. The highest BCUT2D eigenvalue weighted by atomic mass is 16.1. The summed E-state index contributed by atoms with van der Waals surface area (Å²) in [5.41, 5.74) is 12.9. The van der Waals surface area contributed by atoms with Crippen LogP contribution in [0.5, 0.6) is 0 Å². The number of carbonyl (C=O) groups excluding carboxylic acids is 1. The van der Waals surface area contributed by atoms with Crippen LogP contribution in [0.3, 0.4) is 0 Å². The lowest BCUT2D eigenvalue weighted by Gasteiger charge is -2.29. The topological polar surface area (TPSA) is 119 Å². The van der Waals surface area contributed by atoms with E-state index in [4.69, 9.17) is 11.5 Å². The van der Waals surface area contributed by atoms with Gasteiger partial charge in [0.25, 0.3) is 5.91 Å². The lowest BCUT2D eigenvalue weighted by molar-refractivity contribution is 0.100. The second-order valence-corrected chi connectivity index (χ2v) is 7.22. The summed E-state index contributed by atoms with van der Waals surface area (Å²) in [5, 5.41) is 8.72. The molecule has 0 radical (unpaired) electrons. The minimum Gasteiger partial charge on any atom is -0.366 e. The zero-order valence-corrected chi connectivity index (χ0v) is 15.6. The Balaban J connectivity index is 1.62. The number of hydrogen-bond acceptors (Lipinski definition) is 6. The number of benzene rings is 1. The first-order valence-corrected chi connectivity index (χ1v) is 9.54. The van der Waals surface area contributed by atoms with Crippen LogP contribution in [0.25, 0.3) is 10.8 Å². The van der Waals surface area contributed by atoms with Gasteiger partial charge in [0, 0.05) is 35.6 Å². The lowest BCUT2D eigenvalue weighted by Crippen LogP contribution is -2.42. The van der Waals surface area contributed by atoms with Crippen molar-refractivity contribution in [3.8, 4) is 0 Å². The standard InChI is InChI=1S/C21H24N6O/c22-17-3-1-2-4-18(17)26-19-8-7-16(20(23)28)21(27-19)25-15-6-5-13-9-10-24-12-14(13)11-15/h5-12,17-18H,1-4,22H2,(H2,23,28)(H2,25,26,27)/t17-,18+/m0/s1. The number of carbonyl (C=O) groups is 1. The molecule has 1 amide bonds. The highest BCUT2D eigenvalue weighted by Crippen LogP contribution is 2.26. The fraction of sp³-hybridized carbons (Fsp3) is 0.286. The van der Waals surface area contributed by atoms with E-state index < -0.39 is 5.91 Å². The summed E-state index contributed by atoms with van der Waals surface area (Å²) in [5.74, 6) is 0.570. The number of hydrogen-bond donors (Lipinski definition) is 4. The van der Waals surface area contributed by atoms with Gasteiger partial charge in [-0.05, 0) is 48.6 Å². The Kier molecular flexibility index (Phi) is 5.08. The molecule has 1 saturated carbocycles. The highest BCUT2D eigenvalue weighted by Gasteiger charge is 2.22. The van der Waals surface area contributed by atoms with Gasteiger partial charge in [0.05, 0.1) is 5.56 Å². The monoisotopic (exact) mass is 376 g/mol. The van der Waals surface area contributed by atoms with E-state index >= 15 is 0 Å². The molecule has 0 bridgehead atoms. The van der Waals surface area contributed by atoms with E-state index in [1.165, 1.54) is 0 Å². The number of nitrogens with two attached hydrogens (primary N) is 2. The molecular formula is C21H24N6O. The molecule has 0 spiro atoms. The Morgan fingerprint density at radius 2 is 1.93 bits per heavy atom. The lowest BCUT2D eigenvalue weighted by atomic mass is 9.91. The molecule has 144 valence electrons. The van der Waals surface area contributed by atoms with E-state index in [2.05, 4.69) is 20.6 Å². The van der Waals surface area contributed by atoms with Crippen molar-refractivity contribution in [3.63, 3.8) is 0 Å². The van der Waals surface area contributed by atoms with E-state index in [0.717, 1.165) is 42.1 Å². The van der Waals surface area contributed by atoms with E-state index in [1.807, 2.05) is 24.3 Å². The van der Waals surface area contributed by atoms with Crippen LogP contribution in [0.1, 0.15) is 36.0 Å². The van der Waals surface area contributed by atoms with Gasteiger partial charge in [-0.25, -0.2) is 4.98 Å². The minimum absolute atomic E-state index is 0.107. The molecule has 3 aromatic rings. The molecule has 1 fully saturated rings. The fourth-order valence-electron chi connectivity index (χ4n) is 3.66. The van der Waals surface area contributed by atoms with Crippen molar-refractivity contribution in [1.29, 1.82) is 0 Å². The summed E-state index contributed by atoms with van der Waals surface area (Å²) in [6.07, 6.45) is 7.89. The number of anilines is 3. The second-order valence-electron chi connectivity index (χ2n) is 7.22. The molecule has 7 nitrogen and oxygen atoms in total. The Morgan fingerprint density at radius 1 is 1.07 bits per heavy atom. The first-order chi connectivity index (χ1) is 13.6. The quantitative estimate of drug-likeness (QED) is 0.543. The van der Waals surface area contributed by atoms with Gasteiger partial charge < -0.3 is 22.1 Å². The number of fused-ring (bicyclic) bond motifs is 1. The van der Waals surface area contributed by atoms with Crippen LogP contribution in [0, 0.1) is 0 Å². The Morgan fingerprint density at radius 3 is 2.75 bits per heavy atom. The maximum absolute atomic E-state index is 11.9. The number of aromatic nitrogens is 2. The van der Waals surface area contributed by atoms with E-state index in [0.29, 0.717) is 17.2 Å². The maximum Gasteiger partial charge on any atom is 0.252 e. The Labute approximate surface area is 163 Å². The molecule has 0 saturated heterocycles. The molecule has 1 aliphatic rings. The molecule has 28 heavy (non-hydrogen) atoms. The molecule has 2 atom stereocenters. The van der Waals surface area contributed by atoms with Crippen molar-refractivity contribution < 1.29 is 4.79 Å². The molecule has 4 rings (SSSR count). The van der Waals surface area contributed by atoms with Crippen LogP contribution in [0.4, 0.5) is 17.3 Å². The van der Waals surface area contributed by atoms with Crippen LogP contribution in [-0.2, 0) is 0 Å². The van der Waals surface area contributed by atoms with Crippen LogP contribution in [0.15, 0.2) is 48.8 Å². The van der Waals surface area contributed by atoms with Crippen LogP contribution in [-0.4, -0.2) is 28.0 Å². The largest absolute Gasteiger partial charge is 0.366 e. The van der Waals surface area contributed by atoms with Crippen molar-refractivity contribution in [2.75, 3.05) is 10.6 Å². The Bertz CT molecular complexity index is 1010. The summed E-state index contributed by atoms with van der Waals surface area (Å²) in [6, 6.07) is 11.6. The summed E-state index contributed by atoms with van der Waals surface area (Å²) in [4.78, 5) is 20.6. The summed E-state index contributed by atoms with van der Waals surface area (Å²) in [7, 11) is 0. The first-order valence-electron chi connectivity index (χ1n) is 9.54. The fourth-order valence-corrected chi connectivity index (χ4v) is 3.66. The highest BCUT2D eigenvalue weighted by molar-refractivity contribution is 5.99. The van der Waals surface area contributed by atoms with Crippen molar-refractivity contribution in [3.05, 3.63) is 54.4 Å². The predicted octanol–water partition coefficient (Wildman–Crippen LogP) is 3.15. The number of rotatable bonds is 5. The molecule has 1 aromatic carbocycles. The van der Waals surface area contributed by atoms with Crippen molar-refractivity contribution in [2.24, 2.45) is 11.5 Å². The normalized spacial score (nSPS) is 19.3. The number of pyridine rings is 2. The molecule has 0 unspecified atom stereocenters. The molecule has 2 heterocycles. The van der Waals surface area contributed by atoms with Crippen LogP contribution < -0.4 is 22.1 Å². The molecule has 2 aromatic heterocycles. The van der Waals surface area contributed by atoms with Gasteiger partial charge in [0.15, 0.2) is 0 Å². The molecule has 7 heteroatoms. The van der Waals surface area contributed by atoms with Gasteiger partial charge in [0.1, 0.15) is 11.6 Å². The number of primary amides is 1. The summed E-state index contributed by atoms with van der Waals surface area (Å²) < 4.78 is 0. The molecule has 0 aliphatic heterocycles. The van der Waals surface area contributed by atoms with Gasteiger partial charge in [0.2, 0.25) is 0 Å². The molecule has 1 aliphatic carbocycles. The average molecular weight is 376 g/mol. The third-order valence-corrected chi connectivity index (χ3v) is 5.22. The zero-order chi connectivity index (χ0) is 19.5. The van der Waals surface area contributed by atoms with E-state index in [1.54, 1.807) is 24.5 Å². The first kappa shape index (κ1) is 18.2. The SMILES string of the molecule is NC(=O)c1ccc(N[C@@H]2CCCC[C@@H]2N)nc1Nc1ccc2ccncc2c1.